The van der Waals surface area contributed by atoms with Crippen molar-refractivity contribution in [2.45, 2.75) is 45.6 Å². The van der Waals surface area contributed by atoms with Crippen LogP contribution < -0.4 is 10.9 Å². The number of pyridine rings is 1. The van der Waals surface area contributed by atoms with E-state index in [9.17, 15) is 14.7 Å². The van der Waals surface area contributed by atoms with Crippen LogP contribution in [0.15, 0.2) is 64.4 Å². The Kier molecular flexibility index (Phi) is 9.13. The molecule has 2 aromatic heterocycles. The molecule has 1 aromatic carbocycles. The van der Waals surface area contributed by atoms with Gasteiger partial charge in [0.1, 0.15) is 15.8 Å². The fourth-order valence-electron chi connectivity index (χ4n) is 4.32. The topological polar surface area (TPSA) is 86.9 Å². The number of nitrogens with zero attached hydrogens (tertiary/aromatic N) is 3. The van der Waals surface area contributed by atoms with E-state index >= 15 is 0 Å². The molecule has 0 saturated carbocycles. The molecule has 1 fully saturated rings. The first kappa shape index (κ1) is 27.0. The van der Waals surface area contributed by atoms with Gasteiger partial charge in [0, 0.05) is 19.3 Å². The van der Waals surface area contributed by atoms with E-state index in [0.717, 1.165) is 31.2 Å². The van der Waals surface area contributed by atoms with Crippen molar-refractivity contribution in [1.29, 1.82) is 0 Å². The third-order valence-electron chi connectivity index (χ3n) is 6.55. The predicted molar refractivity (Wildman–Crippen MR) is 155 cm³/mol. The van der Waals surface area contributed by atoms with E-state index in [-0.39, 0.29) is 23.6 Å². The van der Waals surface area contributed by atoms with Crippen molar-refractivity contribution in [3.05, 3.63) is 81.1 Å². The molecule has 1 saturated heterocycles. The summed E-state index contributed by atoms with van der Waals surface area (Å²) in [5.41, 5.74) is 1.17. The Labute approximate surface area is 226 Å². The Morgan fingerprint density at radius 1 is 1.14 bits per heavy atom. The summed E-state index contributed by atoms with van der Waals surface area (Å²) in [6, 6.07) is 14.6. The quantitative estimate of drug-likeness (QED) is 0.255. The molecule has 3 heterocycles. The normalized spacial score (nSPS) is 16.5. The van der Waals surface area contributed by atoms with Gasteiger partial charge in [0.05, 0.1) is 16.6 Å². The number of amides is 1. The first-order chi connectivity index (χ1) is 17.9. The minimum absolute atomic E-state index is 0.150. The van der Waals surface area contributed by atoms with Crippen LogP contribution in [0.5, 0.6) is 0 Å². The first-order valence-corrected chi connectivity index (χ1v) is 13.9. The summed E-state index contributed by atoms with van der Waals surface area (Å²) in [7, 11) is 0. The van der Waals surface area contributed by atoms with Crippen LogP contribution >= 0.6 is 24.0 Å². The fraction of sp³-hybridized carbons (Fsp3) is 0.357. The highest BCUT2D eigenvalue weighted by molar-refractivity contribution is 8.26. The SMILES string of the molecule is CCCC[C@H](CC)CN1C(=O)/C(=C/c2c(NC[C@@H](O)c3ccccc3)nc3ccccn3c2=O)SC1=S. The summed E-state index contributed by atoms with van der Waals surface area (Å²) in [6.07, 6.45) is 6.70. The van der Waals surface area contributed by atoms with Crippen molar-refractivity contribution in [2.75, 3.05) is 18.4 Å². The molecule has 0 spiro atoms. The zero-order valence-corrected chi connectivity index (χ0v) is 22.7. The maximum Gasteiger partial charge on any atom is 0.267 e. The number of thioether (sulfide) groups is 1. The monoisotopic (exact) mass is 536 g/mol. The molecule has 0 radical (unpaired) electrons. The van der Waals surface area contributed by atoms with E-state index in [4.69, 9.17) is 12.2 Å². The largest absolute Gasteiger partial charge is 0.387 e. The van der Waals surface area contributed by atoms with Crippen molar-refractivity contribution in [1.82, 2.24) is 14.3 Å². The minimum atomic E-state index is -0.794. The summed E-state index contributed by atoms with van der Waals surface area (Å²) in [5, 5.41) is 13.8. The number of nitrogens with one attached hydrogen (secondary N) is 1. The molecule has 7 nitrogen and oxygen atoms in total. The predicted octanol–water partition coefficient (Wildman–Crippen LogP) is 5.26. The van der Waals surface area contributed by atoms with E-state index in [2.05, 4.69) is 24.1 Å². The first-order valence-electron chi connectivity index (χ1n) is 12.7. The number of aliphatic hydroxyl groups excluding tert-OH is 1. The number of aliphatic hydroxyl groups is 1. The Hall–Kier alpha value is -3.01. The van der Waals surface area contributed by atoms with Crippen LogP contribution in [0, 0.1) is 5.92 Å². The molecule has 37 heavy (non-hydrogen) atoms. The van der Waals surface area contributed by atoms with Crippen LogP contribution in [-0.2, 0) is 4.79 Å². The van der Waals surface area contributed by atoms with Crippen LogP contribution in [0.2, 0.25) is 0 Å². The Balaban J connectivity index is 1.65. The molecule has 0 aliphatic carbocycles. The number of anilines is 1. The number of fused-ring (bicyclic) bond motifs is 1. The smallest absolute Gasteiger partial charge is 0.267 e. The Bertz CT molecular complexity index is 1360. The lowest BCUT2D eigenvalue weighted by Gasteiger charge is -2.21. The lowest BCUT2D eigenvalue weighted by atomic mass is 9.99. The van der Waals surface area contributed by atoms with Crippen LogP contribution in [0.1, 0.15) is 56.8 Å². The van der Waals surface area contributed by atoms with Gasteiger partial charge in [-0.1, -0.05) is 93.5 Å². The number of carbonyl (C=O) groups is 1. The third kappa shape index (κ3) is 6.29. The molecular weight excluding hydrogens is 504 g/mol. The van der Waals surface area contributed by atoms with E-state index in [1.807, 2.05) is 30.3 Å². The second-order valence-electron chi connectivity index (χ2n) is 9.12. The highest BCUT2D eigenvalue weighted by Crippen LogP contribution is 2.34. The third-order valence-corrected chi connectivity index (χ3v) is 7.93. The van der Waals surface area contributed by atoms with Gasteiger partial charge in [0.15, 0.2) is 0 Å². The molecule has 4 rings (SSSR count). The molecule has 194 valence electrons. The molecule has 3 aromatic rings. The highest BCUT2D eigenvalue weighted by Gasteiger charge is 2.33. The van der Waals surface area contributed by atoms with Gasteiger partial charge in [-0.2, -0.15) is 0 Å². The van der Waals surface area contributed by atoms with Crippen molar-refractivity contribution >= 4 is 51.7 Å². The number of rotatable bonds is 11. The molecule has 1 aliphatic heterocycles. The van der Waals surface area contributed by atoms with Gasteiger partial charge in [0.2, 0.25) is 0 Å². The van der Waals surface area contributed by atoms with Crippen molar-refractivity contribution < 1.29 is 9.90 Å². The average molecular weight is 537 g/mol. The van der Waals surface area contributed by atoms with E-state index in [0.29, 0.717) is 33.2 Å². The van der Waals surface area contributed by atoms with Crippen LogP contribution in [0.4, 0.5) is 5.82 Å². The molecule has 0 unspecified atom stereocenters. The van der Waals surface area contributed by atoms with Gasteiger partial charge in [-0.15, -0.1) is 0 Å². The second kappa shape index (κ2) is 12.5. The maximum absolute atomic E-state index is 13.5. The molecule has 1 amide bonds. The Morgan fingerprint density at radius 2 is 1.89 bits per heavy atom. The van der Waals surface area contributed by atoms with Crippen molar-refractivity contribution in [3.8, 4) is 0 Å². The lowest BCUT2D eigenvalue weighted by Crippen LogP contribution is -2.33. The van der Waals surface area contributed by atoms with E-state index in [1.54, 1.807) is 35.4 Å². The standard InChI is InChI=1S/C28H32N4O3S2/c1-3-5-11-19(4-2)18-32-27(35)23(37-28(32)36)16-21-25(29-17-22(33)20-12-7-6-8-13-20)30-24-14-9-10-15-31(24)26(21)34/h6-10,12-16,19,22,29,33H,3-5,11,17-18H2,1-2H3/b23-16-/t19-,22+/m0/s1. The minimum Gasteiger partial charge on any atom is -0.387 e. The molecule has 0 bridgehead atoms. The average Bonchev–Trinajstić information content (AvgIpc) is 3.18. The van der Waals surface area contributed by atoms with Gasteiger partial charge >= 0.3 is 0 Å². The Morgan fingerprint density at radius 3 is 2.62 bits per heavy atom. The molecule has 2 atom stereocenters. The summed E-state index contributed by atoms with van der Waals surface area (Å²) in [5.74, 6) is 0.509. The number of thiocarbonyl (C=S) groups is 1. The number of unbranched alkanes of at least 4 members (excludes halogenated alkanes) is 1. The number of hydrogen-bond donors (Lipinski definition) is 2. The van der Waals surface area contributed by atoms with Crippen LogP contribution in [-0.4, -0.2) is 42.7 Å². The number of aromatic nitrogens is 2. The second-order valence-corrected chi connectivity index (χ2v) is 10.8. The van der Waals surface area contributed by atoms with Crippen LogP contribution in [0.25, 0.3) is 11.7 Å². The number of benzene rings is 1. The lowest BCUT2D eigenvalue weighted by molar-refractivity contribution is -0.122. The van der Waals surface area contributed by atoms with Gasteiger partial charge in [-0.25, -0.2) is 4.98 Å². The molecule has 2 N–H and O–H groups in total. The van der Waals surface area contributed by atoms with E-state index in [1.165, 1.54) is 16.2 Å². The van der Waals surface area contributed by atoms with Gasteiger partial charge in [-0.3, -0.25) is 18.9 Å². The molecule has 9 heteroatoms. The summed E-state index contributed by atoms with van der Waals surface area (Å²) >= 11 is 6.76. The summed E-state index contributed by atoms with van der Waals surface area (Å²) in [6.45, 7) is 5.03. The zero-order chi connectivity index (χ0) is 26.4. The summed E-state index contributed by atoms with van der Waals surface area (Å²) < 4.78 is 1.96. The van der Waals surface area contributed by atoms with Gasteiger partial charge in [0.25, 0.3) is 11.5 Å². The molecule has 1 aliphatic rings. The number of carbonyl (C=O) groups excluding carboxylic acids is 1. The summed E-state index contributed by atoms with van der Waals surface area (Å²) in [4.78, 5) is 33.5. The van der Waals surface area contributed by atoms with Gasteiger partial charge < -0.3 is 10.4 Å². The highest BCUT2D eigenvalue weighted by atomic mass is 32.2. The van der Waals surface area contributed by atoms with Crippen LogP contribution in [0.3, 0.4) is 0 Å². The number of hydrogen-bond acceptors (Lipinski definition) is 7. The molecular formula is C28H32N4O3S2. The van der Waals surface area contributed by atoms with Crippen molar-refractivity contribution in [3.63, 3.8) is 0 Å². The maximum atomic E-state index is 13.5. The van der Waals surface area contributed by atoms with Crippen molar-refractivity contribution in [2.24, 2.45) is 5.92 Å². The van der Waals surface area contributed by atoms with E-state index < -0.39 is 6.10 Å². The zero-order valence-electron chi connectivity index (χ0n) is 21.1. The van der Waals surface area contributed by atoms with Gasteiger partial charge in [-0.05, 0) is 36.1 Å². The fourth-order valence-corrected chi connectivity index (χ4v) is 5.57.